The van der Waals surface area contributed by atoms with Gasteiger partial charge in [0.05, 0.1) is 0 Å². The minimum atomic E-state index is 0.254. The second-order valence-electron chi connectivity index (χ2n) is 5.63. The van der Waals surface area contributed by atoms with E-state index in [1.165, 1.54) is 19.4 Å². The first kappa shape index (κ1) is 13.8. The third kappa shape index (κ3) is 3.95. The van der Waals surface area contributed by atoms with Crippen molar-refractivity contribution < 1.29 is 4.79 Å². The highest BCUT2D eigenvalue weighted by atomic mass is 16.1. The molecule has 2 rings (SSSR count). The predicted molar refractivity (Wildman–Crippen MR) is 73.5 cm³/mol. The lowest BCUT2D eigenvalue weighted by atomic mass is 9.94. The van der Waals surface area contributed by atoms with E-state index in [1.807, 2.05) is 0 Å². The third-order valence-electron chi connectivity index (χ3n) is 4.37. The highest BCUT2D eigenvalue weighted by Gasteiger charge is 2.23. The van der Waals surface area contributed by atoms with Crippen molar-refractivity contribution in [3.8, 4) is 0 Å². The van der Waals surface area contributed by atoms with Gasteiger partial charge in [0.2, 0.25) is 5.91 Å². The van der Waals surface area contributed by atoms with Crippen molar-refractivity contribution in [1.82, 2.24) is 15.5 Å². The number of nitrogens with zero attached hydrogens (tertiary/aromatic N) is 1. The van der Waals surface area contributed by atoms with Gasteiger partial charge < -0.3 is 10.6 Å². The van der Waals surface area contributed by atoms with Crippen LogP contribution < -0.4 is 10.6 Å². The van der Waals surface area contributed by atoms with E-state index in [1.54, 1.807) is 0 Å². The molecule has 2 fully saturated rings. The molecular formula is C14H27N3O. The first-order valence-corrected chi connectivity index (χ1v) is 7.51. The van der Waals surface area contributed by atoms with Gasteiger partial charge in [0, 0.05) is 19.0 Å². The highest BCUT2D eigenvalue weighted by molar-refractivity contribution is 5.76. The summed E-state index contributed by atoms with van der Waals surface area (Å²) >= 11 is 0. The number of likely N-dealkylation sites (N-methyl/N-ethyl adjacent to an activating group) is 1. The van der Waals surface area contributed by atoms with E-state index in [0.717, 1.165) is 45.4 Å². The molecule has 1 atom stereocenters. The van der Waals surface area contributed by atoms with Gasteiger partial charge in [-0.3, -0.25) is 9.69 Å². The second-order valence-corrected chi connectivity index (χ2v) is 5.63. The Morgan fingerprint density at radius 1 is 1.33 bits per heavy atom. The zero-order valence-corrected chi connectivity index (χ0v) is 11.6. The number of hydrogen-bond donors (Lipinski definition) is 2. The maximum absolute atomic E-state index is 11.9. The zero-order valence-electron chi connectivity index (χ0n) is 11.6. The van der Waals surface area contributed by atoms with Crippen LogP contribution in [0.5, 0.6) is 0 Å². The van der Waals surface area contributed by atoms with Crippen LogP contribution in [0, 0.1) is 5.92 Å². The SMILES string of the molecule is CCN1CCCC1CNC(=O)CC1CCNCC1. The van der Waals surface area contributed by atoms with Gasteiger partial charge >= 0.3 is 0 Å². The molecule has 2 aliphatic heterocycles. The van der Waals surface area contributed by atoms with Crippen molar-refractivity contribution in [3.05, 3.63) is 0 Å². The Morgan fingerprint density at radius 3 is 2.83 bits per heavy atom. The number of piperidine rings is 1. The smallest absolute Gasteiger partial charge is 0.220 e. The van der Waals surface area contributed by atoms with Crippen molar-refractivity contribution in [2.24, 2.45) is 5.92 Å². The van der Waals surface area contributed by atoms with Crippen molar-refractivity contribution >= 4 is 5.91 Å². The fraction of sp³-hybridized carbons (Fsp3) is 0.929. The van der Waals surface area contributed by atoms with Gasteiger partial charge in [-0.25, -0.2) is 0 Å². The number of amides is 1. The third-order valence-corrected chi connectivity index (χ3v) is 4.37. The van der Waals surface area contributed by atoms with Gasteiger partial charge in [-0.15, -0.1) is 0 Å². The molecule has 0 aromatic carbocycles. The van der Waals surface area contributed by atoms with E-state index in [2.05, 4.69) is 22.5 Å². The number of hydrogen-bond acceptors (Lipinski definition) is 3. The molecule has 0 aliphatic carbocycles. The number of nitrogens with one attached hydrogen (secondary N) is 2. The molecule has 1 unspecified atom stereocenters. The fourth-order valence-corrected chi connectivity index (χ4v) is 3.19. The van der Waals surface area contributed by atoms with Gasteiger partial charge in [0.1, 0.15) is 0 Å². The maximum Gasteiger partial charge on any atom is 0.220 e. The van der Waals surface area contributed by atoms with Crippen LogP contribution in [0.4, 0.5) is 0 Å². The summed E-state index contributed by atoms with van der Waals surface area (Å²) in [5.74, 6) is 0.849. The van der Waals surface area contributed by atoms with Crippen LogP contribution in [0.1, 0.15) is 39.0 Å². The normalized spacial score (nSPS) is 26.4. The number of carbonyl (C=O) groups excluding carboxylic acids is 1. The average Bonchev–Trinajstić information content (AvgIpc) is 2.85. The molecule has 0 aromatic heterocycles. The van der Waals surface area contributed by atoms with Gasteiger partial charge in [-0.05, 0) is 57.8 Å². The molecule has 0 saturated carbocycles. The summed E-state index contributed by atoms with van der Waals surface area (Å²) in [6.45, 7) is 7.50. The summed E-state index contributed by atoms with van der Waals surface area (Å²) in [4.78, 5) is 14.4. The minimum Gasteiger partial charge on any atom is -0.355 e. The molecule has 2 N–H and O–H groups in total. The van der Waals surface area contributed by atoms with E-state index in [-0.39, 0.29) is 5.91 Å². The fourth-order valence-electron chi connectivity index (χ4n) is 3.19. The van der Waals surface area contributed by atoms with E-state index in [4.69, 9.17) is 0 Å². The molecule has 0 bridgehead atoms. The number of carbonyl (C=O) groups is 1. The van der Waals surface area contributed by atoms with Crippen molar-refractivity contribution in [1.29, 1.82) is 0 Å². The predicted octanol–water partition coefficient (Wildman–Crippen LogP) is 0.977. The first-order chi connectivity index (χ1) is 8.79. The Labute approximate surface area is 110 Å². The van der Waals surface area contributed by atoms with Gasteiger partial charge in [-0.1, -0.05) is 6.92 Å². The Hall–Kier alpha value is -0.610. The zero-order chi connectivity index (χ0) is 12.8. The number of likely N-dealkylation sites (tertiary alicyclic amines) is 1. The molecule has 2 aliphatic rings. The molecule has 0 spiro atoms. The molecule has 2 saturated heterocycles. The molecule has 0 radical (unpaired) electrons. The Kier molecular flexibility index (Phi) is 5.45. The van der Waals surface area contributed by atoms with Crippen LogP contribution in [0.3, 0.4) is 0 Å². The molecule has 4 heteroatoms. The van der Waals surface area contributed by atoms with Gasteiger partial charge in [0.25, 0.3) is 0 Å². The van der Waals surface area contributed by atoms with Gasteiger partial charge in [0.15, 0.2) is 0 Å². The summed E-state index contributed by atoms with van der Waals surface area (Å²) in [6.07, 6.45) is 5.54. The second kappa shape index (κ2) is 7.10. The van der Waals surface area contributed by atoms with Crippen LogP contribution in [0.25, 0.3) is 0 Å². The van der Waals surface area contributed by atoms with Crippen LogP contribution in [-0.2, 0) is 4.79 Å². The topological polar surface area (TPSA) is 44.4 Å². The molecule has 4 nitrogen and oxygen atoms in total. The number of rotatable bonds is 5. The van der Waals surface area contributed by atoms with Crippen LogP contribution in [0.15, 0.2) is 0 Å². The monoisotopic (exact) mass is 253 g/mol. The van der Waals surface area contributed by atoms with Crippen molar-refractivity contribution in [2.45, 2.75) is 45.1 Å². The van der Waals surface area contributed by atoms with Crippen LogP contribution in [0.2, 0.25) is 0 Å². The first-order valence-electron chi connectivity index (χ1n) is 7.51. The summed E-state index contributed by atoms with van der Waals surface area (Å²) in [5.41, 5.74) is 0. The van der Waals surface area contributed by atoms with E-state index < -0.39 is 0 Å². The molecule has 18 heavy (non-hydrogen) atoms. The molecule has 1 amide bonds. The molecule has 0 aromatic rings. The lowest BCUT2D eigenvalue weighted by Gasteiger charge is -2.24. The summed E-state index contributed by atoms with van der Waals surface area (Å²) in [5, 5.41) is 6.47. The lowest BCUT2D eigenvalue weighted by Crippen LogP contribution is -2.41. The summed E-state index contributed by atoms with van der Waals surface area (Å²) < 4.78 is 0. The van der Waals surface area contributed by atoms with Crippen molar-refractivity contribution in [2.75, 3.05) is 32.7 Å². The minimum absolute atomic E-state index is 0.254. The van der Waals surface area contributed by atoms with E-state index in [9.17, 15) is 4.79 Å². The Balaban J connectivity index is 1.64. The van der Waals surface area contributed by atoms with Crippen LogP contribution in [-0.4, -0.2) is 49.6 Å². The summed E-state index contributed by atoms with van der Waals surface area (Å²) in [6, 6.07) is 0.576. The Morgan fingerprint density at radius 2 is 2.11 bits per heavy atom. The van der Waals surface area contributed by atoms with Gasteiger partial charge in [-0.2, -0.15) is 0 Å². The molecule has 2 heterocycles. The van der Waals surface area contributed by atoms with E-state index >= 15 is 0 Å². The molecule has 104 valence electrons. The van der Waals surface area contributed by atoms with Crippen molar-refractivity contribution in [3.63, 3.8) is 0 Å². The largest absolute Gasteiger partial charge is 0.355 e. The molecular weight excluding hydrogens is 226 g/mol. The average molecular weight is 253 g/mol. The summed E-state index contributed by atoms with van der Waals surface area (Å²) in [7, 11) is 0. The highest BCUT2D eigenvalue weighted by Crippen LogP contribution is 2.17. The quantitative estimate of drug-likeness (QED) is 0.767. The standard InChI is InChI=1S/C14H27N3O/c1-2-17-9-3-4-13(17)11-16-14(18)10-12-5-7-15-8-6-12/h12-13,15H,2-11H2,1H3,(H,16,18). The van der Waals surface area contributed by atoms with Crippen LogP contribution >= 0.6 is 0 Å². The Bertz CT molecular complexity index is 264. The van der Waals surface area contributed by atoms with E-state index in [0.29, 0.717) is 12.0 Å². The lowest BCUT2D eigenvalue weighted by molar-refractivity contribution is -0.122. The maximum atomic E-state index is 11.9.